The van der Waals surface area contributed by atoms with Crippen LogP contribution in [0.1, 0.15) is 41.8 Å². The monoisotopic (exact) mass is 351 g/mol. The molecule has 0 spiro atoms. The summed E-state index contributed by atoms with van der Waals surface area (Å²) in [6.07, 6.45) is 2.31. The van der Waals surface area contributed by atoms with Crippen molar-refractivity contribution in [2.24, 2.45) is 5.92 Å². The van der Waals surface area contributed by atoms with E-state index < -0.39 is 0 Å². The predicted molar refractivity (Wildman–Crippen MR) is 104 cm³/mol. The van der Waals surface area contributed by atoms with Crippen LogP contribution in [0, 0.1) is 5.92 Å². The van der Waals surface area contributed by atoms with Crippen molar-refractivity contribution >= 4 is 16.9 Å². The lowest BCUT2D eigenvalue weighted by Gasteiger charge is -2.53. The number of hydrogen-bond donors (Lipinski definition) is 0. The number of carbonyl (C=O) groups excluding carboxylic acids is 1. The van der Waals surface area contributed by atoms with E-state index >= 15 is 0 Å². The Labute approximate surface area is 154 Å². The van der Waals surface area contributed by atoms with Crippen LogP contribution in [0.25, 0.3) is 0 Å². The molecule has 0 N–H and O–H groups in total. The van der Waals surface area contributed by atoms with Crippen LogP contribution in [0.5, 0.6) is 0 Å². The van der Waals surface area contributed by atoms with Gasteiger partial charge in [0.25, 0.3) is 0 Å². The Morgan fingerprint density at radius 1 is 1.20 bits per heavy atom. The molecular formula is C22H25NOS. The summed E-state index contributed by atoms with van der Waals surface area (Å²) in [5.74, 6) is 0.642. The van der Waals surface area contributed by atoms with Crippen molar-refractivity contribution in [1.29, 1.82) is 0 Å². The largest absolute Gasteiger partial charge is 0.303 e. The quantitative estimate of drug-likeness (QED) is 0.727. The molecular weight excluding hydrogens is 326 g/mol. The number of likely N-dealkylation sites (N-methyl/N-ethyl adjacent to an activating group) is 1. The number of benzene rings is 2. The van der Waals surface area contributed by atoms with Crippen LogP contribution >= 0.6 is 11.8 Å². The smallest absolute Gasteiger partial charge is 0.224 e. The average molecular weight is 352 g/mol. The molecule has 3 atom stereocenters. The van der Waals surface area contributed by atoms with Gasteiger partial charge in [0.05, 0.1) is 0 Å². The standard InChI is InChI=1S/C22H25NOS/c1-15-20-13-17-9-10-18(25-21(24)16-7-5-4-6-8-16)14-19(17)22(15,2)11-12-23(20)3/h4-10,14-15,20H,11-13H2,1-3H3/t15-,20+,22+/m1/s1. The summed E-state index contributed by atoms with van der Waals surface area (Å²) in [6, 6.07) is 16.9. The third kappa shape index (κ3) is 2.84. The number of piperidine rings is 1. The lowest BCUT2D eigenvalue weighted by molar-refractivity contribution is 0.0506. The molecule has 1 fully saturated rings. The van der Waals surface area contributed by atoms with Gasteiger partial charge in [0, 0.05) is 16.5 Å². The van der Waals surface area contributed by atoms with E-state index in [9.17, 15) is 4.79 Å². The van der Waals surface area contributed by atoms with E-state index in [1.54, 1.807) is 0 Å². The summed E-state index contributed by atoms with van der Waals surface area (Å²) in [5.41, 5.74) is 3.92. The molecule has 2 aromatic carbocycles. The minimum atomic E-state index is 0.121. The molecule has 2 nitrogen and oxygen atoms in total. The second kappa shape index (κ2) is 6.30. The van der Waals surface area contributed by atoms with E-state index in [0.29, 0.717) is 12.0 Å². The molecule has 1 heterocycles. The number of likely N-dealkylation sites (tertiary alicyclic amines) is 1. The highest BCUT2D eigenvalue weighted by Gasteiger charge is 2.47. The molecule has 2 aromatic rings. The summed E-state index contributed by atoms with van der Waals surface area (Å²) in [4.78, 5) is 16.1. The second-order valence-electron chi connectivity index (χ2n) is 7.78. The first-order chi connectivity index (χ1) is 12.0. The molecule has 4 rings (SSSR count). The molecule has 0 amide bonds. The van der Waals surface area contributed by atoms with E-state index in [4.69, 9.17) is 0 Å². The number of rotatable bonds is 2. The fourth-order valence-corrected chi connectivity index (χ4v) is 5.40. The molecule has 0 aromatic heterocycles. The Bertz CT molecular complexity index is 803. The van der Waals surface area contributed by atoms with E-state index in [1.807, 2.05) is 30.3 Å². The van der Waals surface area contributed by atoms with E-state index in [1.165, 1.54) is 29.3 Å². The molecule has 0 saturated carbocycles. The molecule has 1 aliphatic carbocycles. The van der Waals surface area contributed by atoms with Crippen LogP contribution in [0.2, 0.25) is 0 Å². The minimum absolute atomic E-state index is 0.121. The van der Waals surface area contributed by atoms with Crippen molar-refractivity contribution in [3.63, 3.8) is 0 Å². The van der Waals surface area contributed by atoms with Crippen LogP contribution in [-0.2, 0) is 11.8 Å². The molecule has 130 valence electrons. The second-order valence-corrected chi connectivity index (χ2v) is 8.83. The van der Waals surface area contributed by atoms with Gasteiger partial charge in [-0.3, -0.25) is 4.79 Å². The van der Waals surface area contributed by atoms with E-state index in [2.05, 4.69) is 44.0 Å². The Morgan fingerprint density at radius 2 is 1.96 bits per heavy atom. The van der Waals surface area contributed by atoms with Gasteiger partial charge in [0.1, 0.15) is 0 Å². The number of carbonyl (C=O) groups is 1. The fraction of sp³-hybridized carbons (Fsp3) is 0.409. The van der Waals surface area contributed by atoms with Crippen LogP contribution < -0.4 is 0 Å². The number of thioether (sulfide) groups is 1. The van der Waals surface area contributed by atoms with Crippen LogP contribution in [0.4, 0.5) is 0 Å². The third-order valence-electron chi connectivity index (χ3n) is 6.48. The number of hydrogen-bond acceptors (Lipinski definition) is 3. The summed E-state index contributed by atoms with van der Waals surface area (Å²) >= 11 is 1.35. The van der Waals surface area contributed by atoms with Crippen molar-refractivity contribution in [3.05, 3.63) is 65.2 Å². The van der Waals surface area contributed by atoms with Gasteiger partial charge in [-0.15, -0.1) is 0 Å². The fourth-order valence-electron chi connectivity index (χ4n) is 4.62. The summed E-state index contributed by atoms with van der Waals surface area (Å²) in [5, 5.41) is 0.121. The first-order valence-electron chi connectivity index (χ1n) is 9.10. The number of nitrogens with zero attached hydrogens (tertiary/aromatic N) is 1. The van der Waals surface area contributed by atoms with Gasteiger partial charge in [-0.05, 0) is 72.8 Å². The van der Waals surface area contributed by atoms with Crippen molar-refractivity contribution in [2.75, 3.05) is 13.6 Å². The van der Waals surface area contributed by atoms with Crippen LogP contribution in [0.15, 0.2) is 53.4 Å². The Balaban J connectivity index is 1.65. The normalized spacial score (nSPS) is 28.4. The van der Waals surface area contributed by atoms with E-state index in [-0.39, 0.29) is 10.5 Å². The molecule has 0 radical (unpaired) electrons. The lowest BCUT2D eigenvalue weighted by Crippen LogP contribution is -2.56. The van der Waals surface area contributed by atoms with Gasteiger partial charge in [-0.25, -0.2) is 0 Å². The first-order valence-corrected chi connectivity index (χ1v) is 9.91. The summed E-state index contributed by atoms with van der Waals surface area (Å²) in [6.45, 7) is 5.98. The SMILES string of the molecule is C[C@@H]1[C@@H]2Cc3ccc(SC(=O)c4ccccc4)cc3[C@@]1(C)CCN2C. The van der Waals surface area contributed by atoms with Gasteiger partial charge in [0.15, 0.2) is 0 Å². The first kappa shape index (κ1) is 16.9. The van der Waals surface area contributed by atoms with Crippen molar-refractivity contribution < 1.29 is 4.79 Å². The molecule has 1 aliphatic heterocycles. The Kier molecular flexibility index (Phi) is 4.25. The van der Waals surface area contributed by atoms with Crippen molar-refractivity contribution in [1.82, 2.24) is 4.90 Å². The van der Waals surface area contributed by atoms with Gasteiger partial charge in [-0.1, -0.05) is 50.2 Å². The predicted octanol–water partition coefficient (Wildman–Crippen LogP) is 4.77. The minimum Gasteiger partial charge on any atom is -0.303 e. The zero-order valence-corrected chi connectivity index (χ0v) is 16.0. The molecule has 25 heavy (non-hydrogen) atoms. The zero-order valence-electron chi connectivity index (χ0n) is 15.2. The molecule has 1 saturated heterocycles. The summed E-state index contributed by atoms with van der Waals surface area (Å²) in [7, 11) is 2.26. The maximum absolute atomic E-state index is 12.5. The summed E-state index contributed by atoms with van der Waals surface area (Å²) < 4.78 is 0. The Hall–Kier alpha value is -1.58. The Morgan fingerprint density at radius 3 is 2.72 bits per heavy atom. The number of fused-ring (bicyclic) bond motifs is 4. The molecule has 3 heteroatoms. The topological polar surface area (TPSA) is 20.3 Å². The molecule has 2 bridgehead atoms. The van der Waals surface area contributed by atoms with Crippen molar-refractivity contribution in [3.8, 4) is 0 Å². The maximum Gasteiger partial charge on any atom is 0.224 e. The molecule has 2 aliphatic rings. The van der Waals surface area contributed by atoms with Crippen molar-refractivity contribution in [2.45, 2.75) is 43.0 Å². The van der Waals surface area contributed by atoms with Gasteiger partial charge in [-0.2, -0.15) is 0 Å². The van der Waals surface area contributed by atoms with Crippen LogP contribution in [-0.4, -0.2) is 29.6 Å². The zero-order chi connectivity index (χ0) is 17.6. The van der Waals surface area contributed by atoms with Crippen LogP contribution in [0.3, 0.4) is 0 Å². The lowest BCUT2D eigenvalue weighted by atomic mass is 9.59. The highest BCUT2D eigenvalue weighted by atomic mass is 32.2. The average Bonchev–Trinajstić information content (AvgIpc) is 2.63. The maximum atomic E-state index is 12.5. The highest BCUT2D eigenvalue weighted by molar-refractivity contribution is 8.14. The molecule has 0 unspecified atom stereocenters. The third-order valence-corrected chi connectivity index (χ3v) is 7.39. The highest BCUT2D eigenvalue weighted by Crippen LogP contribution is 2.49. The van der Waals surface area contributed by atoms with E-state index in [0.717, 1.165) is 23.4 Å². The van der Waals surface area contributed by atoms with Gasteiger partial charge in [0.2, 0.25) is 5.12 Å². The van der Waals surface area contributed by atoms with Gasteiger partial charge < -0.3 is 4.90 Å². The van der Waals surface area contributed by atoms with Gasteiger partial charge >= 0.3 is 0 Å².